The summed E-state index contributed by atoms with van der Waals surface area (Å²) < 4.78 is 10.4. The van der Waals surface area contributed by atoms with Gasteiger partial charge in [-0.1, -0.05) is 6.92 Å². The molecule has 2 heterocycles. The van der Waals surface area contributed by atoms with E-state index in [-0.39, 0.29) is 6.04 Å². The molecule has 1 unspecified atom stereocenters. The van der Waals surface area contributed by atoms with E-state index in [0.717, 1.165) is 18.7 Å². The van der Waals surface area contributed by atoms with Crippen LogP contribution in [-0.4, -0.2) is 30.7 Å². The molecular formula is C14H19N3O2S. The van der Waals surface area contributed by atoms with Gasteiger partial charge in [0.15, 0.2) is 0 Å². The summed E-state index contributed by atoms with van der Waals surface area (Å²) in [4.78, 5) is 8.76. The van der Waals surface area contributed by atoms with Crippen molar-refractivity contribution in [2.24, 2.45) is 0 Å². The van der Waals surface area contributed by atoms with Crippen LogP contribution in [0.5, 0.6) is 11.8 Å². The average molecular weight is 293 g/mol. The lowest BCUT2D eigenvalue weighted by Gasteiger charge is -2.19. The average Bonchev–Trinajstić information content (AvgIpc) is 3.02. The van der Waals surface area contributed by atoms with Crippen LogP contribution in [0.15, 0.2) is 23.0 Å². The van der Waals surface area contributed by atoms with Gasteiger partial charge in [0.1, 0.15) is 5.69 Å². The summed E-state index contributed by atoms with van der Waals surface area (Å²) in [6.45, 7) is 3.03. The van der Waals surface area contributed by atoms with Gasteiger partial charge in [0.05, 0.1) is 26.5 Å². The molecule has 0 spiro atoms. The third-order valence-electron chi connectivity index (χ3n) is 2.90. The molecule has 0 fully saturated rings. The van der Waals surface area contributed by atoms with E-state index in [4.69, 9.17) is 9.47 Å². The number of rotatable bonds is 7. The van der Waals surface area contributed by atoms with E-state index in [9.17, 15) is 0 Å². The molecule has 0 aliphatic heterocycles. The molecule has 0 amide bonds. The molecule has 20 heavy (non-hydrogen) atoms. The Labute approximate surface area is 123 Å². The molecule has 6 heteroatoms. The lowest BCUT2D eigenvalue weighted by Crippen LogP contribution is -2.24. The van der Waals surface area contributed by atoms with Gasteiger partial charge in [-0.15, -0.1) is 0 Å². The quantitative estimate of drug-likeness (QED) is 0.850. The van der Waals surface area contributed by atoms with Crippen LogP contribution in [0.3, 0.4) is 0 Å². The van der Waals surface area contributed by atoms with Gasteiger partial charge in [0.25, 0.3) is 0 Å². The molecule has 0 aliphatic carbocycles. The molecule has 0 saturated heterocycles. The highest BCUT2D eigenvalue weighted by molar-refractivity contribution is 7.08. The molecule has 2 aromatic rings. The van der Waals surface area contributed by atoms with Crippen molar-refractivity contribution < 1.29 is 9.47 Å². The van der Waals surface area contributed by atoms with Gasteiger partial charge in [-0.05, 0) is 35.4 Å². The maximum absolute atomic E-state index is 5.36. The van der Waals surface area contributed by atoms with Crippen molar-refractivity contribution >= 4 is 11.3 Å². The van der Waals surface area contributed by atoms with Crippen molar-refractivity contribution in [3.63, 3.8) is 0 Å². The van der Waals surface area contributed by atoms with Crippen molar-refractivity contribution in [2.45, 2.75) is 19.4 Å². The van der Waals surface area contributed by atoms with Crippen molar-refractivity contribution in [2.75, 3.05) is 20.8 Å². The zero-order valence-electron chi connectivity index (χ0n) is 11.9. The smallest absolute Gasteiger partial charge is 0.240 e. The van der Waals surface area contributed by atoms with Crippen LogP contribution in [-0.2, 0) is 0 Å². The highest BCUT2D eigenvalue weighted by Crippen LogP contribution is 2.29. The second-order valence-corrected chi connectivity index (χ2v) is 5.03. The molecule has 0 aliphatic rings. The molecular weight excluding hydrogens is 274 g/mol. The predicted octanol–water partition coefficient (Wildman–Crippen LogP) is 2.64. The first kappa shape index (κ1) is 14.7. The Morgan fingerprint density at radius 2 is 2.20 bits per heavy atom. The van der Waals surface area contributed by atoms with E-state index in [1.807, 2.05) is 0 Å². The van der Waals surface area contributed by atoms with E-state index in [1.165, 1.54) is 5.56 Å². The number of ether oxygens (including phenoxy) is 2. The molecule has 2 rings (SSSR count). The fraction of sp³-hybridized carbons (Fsp3) is 0.429. The molecule has 5 nitrogen and oxygen atoms in total. The molecule has 1 N–H and O–H groups in total. The summed E-state index contributed by atoms with van der Waals surface area (Å²) in [6.07, 6.45) is 2.66. The minimum atomic E-state index is -0.0189. The Hall–Kier alpha value is -1.66. The zero-order chi connectivity index (χ0) is 14.4. The fourth-order valence-electron chi connectivity index (χ4n) is 1.91. The third kappa shape index (κ3) is 3.26. The van der Waals surface area contributed by atoms with Crippen LogP contribution in [0.4, 0.5) is 0 Å². The van der Waals surface area contributed by atoms with E-state index < -0.39 is 0 Å². The minimum absolute atomic E-state index is 0.0189. The van der Waals surface area contributed by atoms with Crippen LogP contribution >= 0.6 is 11.3 Å². The molecule has 0 bridgehead atoms. The largest absolute Gasteiger partial charge is 0.480 e. The van der Waals surface area contributed by atoms with E-state index in [0.29, 0.717) is 11.8 Å². The summed E-state index contributed by atoms with van der Waals surface area (Å²) in [5.41, 5.74) is 1.95. The standard InChI is InChI=1S/C14H19N3O2S/c1-4-6-15-12(10-5-7-20-9-10)13-14(19-3)17-11(18-2)8-16-13/h5,7-9,12,15H,4,6H2,1-3H3. The van der Waals surface area contributed by atoms with Crippen molar-refractivity contribution in [3.05, 3.63) is 34.3 Å². The lowest BCUT2D eigenvalue weighted by molar-refractivity contribution is 0.352. The highest BCUT2D eigenvalue weighted by atomic mass is 32.1. The van der Waals surface area contributed by atoms with Gasteiger partial charge in [-0.2, -0.15) is 16.3 Å². The van der Waals surface area contributed by atoms with Gasteiger partial charge in [-0.3, -0.25) is 0 Å². The molecule has 0 radical (unpaired) electrons. The van der Waals surface area contributed by atoms with E-state index in [2.05, 4.69) is 39.0 Å². The fourth-order valence-corrected chi connectivity index (χ4v) is 2.60. The molecule has 2 aromatic heterocycles. The first-order chi connectivity index (χ1) is 9.80. The maximum atomic E-state index is 5.36. The molecule has 1 atom stereocenters. The van der Waals surface area contributed by atoms with Gasteiger partial charge < -0.3 is 14.8 Å². The predicted molar refractivity (Wildman–Crippen MR) is 79.6 cm³/mol. The first-order valence-corrected chi connectivity index (χ1v) is 7.44. The van der Waals surface area contributed by atoms with Gasteiger partial charge in [0, 0.05) is 0 Å². The summed E-state index contributed by atoms with van der Waals surface area (Å²) in [5.74, 6) is 0.939. The number of nitrogens with one attached hydrogen (secondary N) is 1. The number of hydrogen-bond acceptors (Lipinski definition) is 6. The van der Waals surface area contributed by atoms with Crippen LogP contribution in [0, 0.1) is 0 Å². The van der Waals surface area contributed by atoms with E-state index >= 15 is 0 Å². The number of thiophene rings is 1. The summed E-state index contributed by atoms with van der Waals surface area (Å²) in [7, 11) is 3.16. The van der Waals surface area contributed by atoms with Crippen molar-refractivity contribution in [3.8, 4) is 11.8 Å². The number of nitrogens with zero attached hydrogens (tertiary/aromatic N) is 2. The maximum Gasteiger partial charge on any atom is 0.240 e. The summed E-state index contributed by atoms with van der Waals surface area (Å²) >= 11 is 1.66. The Balaban J connectivity index is 2.37. The zero-order valence-corrected chi connectivity index (χ0v) is 12.7. The van der Waals surface area contributed by atoms with Crippen LogP contribution in [0.2, 0.25) is 0 Å². The molecule has 0 saturated carbocycles. The summed E-state index contributed by atoms with van der Waals surface area (Å²) in [5, 5.41) is 7.65. The second kappa shape index (κ2) is 7.21. The first-order valence-electron chi connectivity index (χ1n) is 6.50. The molecule has 108 valence electrons. The van der Waals surface area contributed by atoms with Gasteiger partial charge >= 0.3 is 0 Å². The van der Waals surface area contributed by atoms with Crippen molar-refractivity contribution in [1.82, 2.24) is 15.3 Å². The third-order valence-corrected chi connectivity index (χ3v) is 3.60. The number of methoxy groups -OCH3 is 2. The highest BCUT2D eigenvalue weighted by Gasteiger charge is 2.21. The Morgan fingerprint density at radius 1 is 1.35 bits per heavy atom. The SMILES string of the molecule is CCCNC(c1ccsc1)c1ncc(OC)nc1OC. The van der Waals surface area contributed by atoms with E-state index in [1.54, 1.807) is 31.8 Å². The number of aromatic nitrogens is 2. The minimum Gasteiger partial charge on any atom is -0.480 e. The normalized spacial score (nSPS) is 12.2. The van der Waals surface area contributed by atoms with Crippen molar-refractivity contribution in [1.29, 1.82) is 0 Å². The van der Waals surface area contributed by atoms with Crippen LogP contribution in [0.1, 0.15) is 30.6 Å². The summed E-state index contributed by atoms with van der Waals surface area (Å²) in [6, 6.07) is 2.07. The van der Waals surface area contributed by atoms with Gasteiger partial charge in [-0.25, -0.2) is 4.98 Å². The van der Waals surface area contributed by atoms with Crippen LogP contribution < -0.4 is 14.8 Å². The molecule has 0 aromatic carbocycles. The Morgan fingerprint density at radius 3 is 2.80 bits per heavy atom. The number of hydrogen-bond donors (Lipinski definition) is 1. The Kier molecular flexibility index (Phi) is 5.31. The lowest BCUT2D eigenvalue weighted by atomic mass is 10.1. The topological polar surface area (TPSA) is 56.3 Å². The second-order valence-electron chi connectivity index (χ2n) is 4.25. The van der Waals surface area contributed by atoms with Gasteiger partial charge in [0.2, 0.25) is 11.8 Å². The Bertz CT molecular complexity index is 531. The van der Waals surface area contributed by atoms with Crippen LogP contribution in [0.25, 0.3) is 0 Å². The monoisotopic (exact) mass is 293 g/mol.